The average molecular weight is 184 g/mol. The highest BCUT2D eigenvalue weighted by atomic mass is 19.1. The van der Waals surface area contributed by atoms with Crippen LogP contribution in [-0.2, 0) is 16.0 Å². The number of aromatic hydroxyl groups is 1. The van der Waals surface area contributed by atoms with Crippen LogP contribution in [0.15, 0.2) is 18.2 Å². The zero-order valence-corrected chi connectivity index (χ0v) is 7.08. The Hall–Kier alpha value is -1.58. The third-order valence-corrected chi connectivity index (χ3v) is 1.63. The van der Waals surface area contributed by atoms with Crippen molar-refractivity contribution in [2.75, 3.05) is 7.11 Å². The summed E-state index contributed by atoms with van der Waals surface area (Å²) in [4.78, 5) is 10.8. The van der Waals surface area contributed by atoms with E-state index in [0.29, 0.717) is 0 Å². The fourth-order valence-corrected chi connectivity index (χ4v) is 0.930. The van der Waals surface area contributed by atoms with E-state index in [1.807, 2.05) is 0 Å². The Morgan fingerprint density at radius 2 is 2.31 bits per heavy atom. The number of para-hydroxylation sites is 1. The number of esters is 1. The van der Waals surface area contributed by atoms with Crippen molar-refractivity contribution in [1.29, 1.82) is 0 Å². The molecule has 0 atom stereocenters. The molecular formula is C9H9FO3. The molecule has 13 heavy (non-hydrogen) atoms. The Morgan fingerprint density at radius 3 is 2.92 bits per heavy atom. The van der Waals surface area contributed by atoms with Crippen LogP contribution < -0.4 is 0 Å². The topological polar surface area (TPSA) is 46.5 Å². The lowest BCUT2D eigenvalue weighted by molar-refractivity contribution is -0.139. The number of halogens is 1. The summed E-state index contributed by atoms with van der Waals surface area (Å²) in [5, 5.41) is 9.16. The first-order valence-corrected chi connectivity index (χ1v) is 3.68. The van der Waals surface area contributed by atoms with Crippen molar-refractivity contribution < 1.29 is 19.0 Å². The monoisotopic (exact) mass is 184 g/mol. The first-order chi connectivity index (χ1) is 6.15. The zero-order valence-electron chi connectivity index (χ0n) is 7.08. The lowest BCUT2D eigenvalue weighted by Crippen LogP contribution is -2.04. The van der Waals surface area contributed by atoms with E-state index >= 15 is 0 Å². The van der Waals surface area contributed by atoms with E-state index in [0.717, 1.165) is 6.07 Å². The average Bonchev–Trinajstić information content (AvgIpc) is 2.13. The molecule has 0 saturated heterocycles. The van der Waals surface area contributed by atoms with E-state index < -0.39 is 17.5 Å². The van der Waals surface area contributed by atoms with Gasteiger partial charge in [-0.25, -0.2) is 4.39 Å². The number of ether oxygens (including phenoxy) is 1. The van der Waals surface area contributed by atoms with Gasteiger partial charge in [0.15, 0.2) is 11.6 Å². The van der Waals surface area contributed by atoms with Crippen molar-refractivity contribution >= 4 is 5.97 Å². The molecule has 0 aromatic heterocycles. The SMILES string of the molecule is COC(=O)Cc1cccc(F)c1O. The van der Waals surface area contributed by atoms with Crippen molar-refractivity contribution in [1.82, 2.24) is 0 Å². The summed E-state index contributed by atoms with van der Waals surface area (Å²) in [6.45, 7) is 0. The molecular weight excluding hydrogens is 175 g/mol. The van der Waals surface area contributed by atoms with Gasteiger partial charge in [-0.05, 0) is 6.07 Å². The first-order valence-electron chi connectivity index (χ1n) is 3.68. The Bertz CT molecular complexity index is 323. The molecule has 0 bridgehead atoms. The van der Waals surface area contributed by atoms with Gasteiger partial charge in [-0.2, -0.15) is 0 Å². The van der Waals surface area contributed by atoms with Crippen LogP contribution in [0, 0.1) is 5.82 Å². The number of rotatable bonds is 2. The van der Waals surface area contributed by atoms with Gasteiger partial charge in [0.05, 0.1) is 13.5 Å². The molecule has 1 N–H and O–H groups in total. The fourth-order valence-electron chi connectivity index (χ4n) is 0.930. The van der Waals surface area contributed by atoms with Crippen molar-refractivity contribution in [2.24, 2.45) is 0 Å². The van der Waals surface area contributed by atoms with Gasteiger partial charge in [0.25, 0.3) is 0 Å². The summed E-state index contributed by atoms with van der Waals surface area (Å²) < 4.78 is 17.1. The quantitative estimate of drug-likeness (QED) is 0.703. The highest BCUT2D eigenvalue weighted by molar-refractivity contribution is 5.73. The van der Waals surface area contributed by atoms with Gasteiger partial charge < -0.3 is 9.84 Å². The van der Waals surface area contributed by atoms with E-state index in [4.69, 9.17) is 5.11 Å². The standard InChI is InChI=1S/C9H9FO3/c1-13-8(11)5-6-3-2-4-7(10)9(6)12/h2-4,12H,5H2,1H3. The van der Waals surface area contributed by atoms with E-state index in [1.54, 1.807) is 0 Å². The first kappa shape index (κ1) is 9.51. The van der Waals surface area contributed by atoms with Crippen LogP contribution in [0.3, 0.4) is 0 Å². The summed E-state index contributed by atoms with van der Waals surface area (Å²) in [6.07, 6.45) is -0.125. The lowest BCUT2D eigenvalue weighted by atomic mass is 10.1. The number of phenols is 1. The van der Waals surface area contributed by atoms with Gasteiger partial charge in [0, 0.05) is 5.56 Å². The molecule has 0 fully saturated rings. The van der Waals surface area contributed by atoms with Crippen LogP contribution in [-0.4, -0.2) is 18.2 Å². The number of phenolic OH excluding ortho intramolecular Hbond substituents is 1. The molecule has 0 amide bonds. The summed E-state index contributed by atoms with van der Waals surface area (Å²) in [5.41, 5.74) is 0.229. The number of hydrogen-bond acceptors (Lipinski definition) is 3. The summed E-state index contributed by atoms with van der Waals surface area (Å²) in [5.74, 6) is -1.74. The summed E-state index contributed by atoms with van der Waals surface area (Å²) >= 11 is 0. The second kappa shape index (κ2) is 3.89. The van der Waals surface area contributed by atoms with Crippen LogP contribution in [0.2, 0.25) is 0 Å². The molecule has 1 aromatic rings. The lowest BCUT2D eigenvalue weighted by Gasteiger charge is -2.03. The molecule has 0 saturated carbocycles. The van der Waals surface area contributed by atoms with Crippen LogP contribution in [0.5, 0.6) is 5.75 Å². The minimum atomic E-state index is -0.735. The van der Waals surface area contributed by atoms with Crippen LogP contribution in [0.4, 0.5) is 4.39 Å². The highest BCUT2D eigenvalue weighted by Crippen LogP contribution is 2.21. The smallest absolute Gasteiger partial charge is 0.310 e. The molecule has 0 aliphatic rings. The third-order valence-electron chi connectivity index (χ3n) is 1.63. The largest absolute Gasteiger partial charge is 0.505 e. The number of methoxy groups -OCH3 is 1. The maximum Gasteiger partial charge on any atom is 0.310 e. The number of carbonyl (C=O) groups excluding carboxylic acids is 1. The third kappa shape index (κ3) is 2.18. The number of hydrogen-bond donors (Lipinski definition) is 1. The molecule has 0 aliphatic carbocycles. The van der Waals surface area contributed by atoms with Gasteiger partial charge in [-0.3, -0.25) is 4.79 Å². The normalized spacial score (nSPS) is 9.69. The van der Waals surface area contributed by atoms with Gasteiger partial charge in [0.2, 0.25) is 0 Å². The Morgan fingerprint density at radius 1 is 1.62 bits per heavy atom. The molecule has 0 aliphatic heterocycles. The Kier molecular flexibility index (Phi) is 2.84. The second-order valence-corrected chi connectivity index (χ2v) is 2.50. The minimum absolute atomic E-state index is 0.125. The molecule has 0 spiro atoms. The predicted molar refractivity (Wildman–Crippen MR) is 43.8 cm³/mol. The molecule has 1 rings (SSSR count). The van der Waals surface area contributed by atoms with Crippen molar-refractivity contribution in [3.05, 3.63) is 29.6 Å². The van der Waals surface area contributed by atoms with E-state index in [9.17, 15) is 9.18 Å². The van der Waals surface area contributed by atoms with Gasteiger partial charge in [0.1, 0.15) is 0 Å². The maximum absolute atomic E-state index is 12.7. The fraction of sp³-hybridized carbons (Fsp3) is 0.222. The van der Waals surface area contributed by atoms with Gasteiger partial charge >= 0.3 is 5.97 Å². The maximum atomic E-state index is 12.7. The molecule has 0 unspecified atom stereocenters. The molecule has 4 heteroatoms. The van der Waals surface area contributed by atoms with E-state index in [-0.39, 0.29) is 12.0 Å². The van der Waals surface area contributed by atoms with E-state index in [1.165, 1.54) is 19.2 Å². The highest BCUT2D eigenvalue weighted by Gasteiger charge is 2.10. The minimum Gasteiger partial charge on any atom is -0.505 e. The molecule has 0 heterocycles. The molecule has 70 valence electrons. The summed E-state index contributed by atoms with van der Waals surface area (Å²) in [7, 11) is 1.23. The van der Waals surface area contributed by atoms with Crippen molar-refractivity contribution in [2.45, 2.75) is 6.42 Å². The van der Waals surface area contributed by atoms with Crippen molar-refractivity contribution in [3.8, 4) is 5.75 Å². The van der Waals surface area contributed by atoms with Crippen LogP contribution in [0.25, 0.3) is 0 Å². The van der Waals surface area contributed by atoms with Gasteiger partial charge in [-0.15, -0.1) is 0 Å². The van der Waals surface area contributed by atoms with Gasteiger partial charge in [-0.1, -0.05) is 12.1 Å². The van der Waals surface area contributed by atoms with E-state index in [2.05, 4.69) is 4.74 Å². The van der Waals surface area contributed by atoms with Crippen LogP contribution >= 0.6 is 0 Å². The molecule has 3 nitrogen and oxygen atoms in total. The van der Waals surface area contributed by atoms with Crippen LogP contribution in [0.1, 0.15) is 5.56 Å². The number of benzene rings is 1. The Balaban J connectivity index is 2.89. The zero-order chi connectivity index (χ0) is 9.84. The molecule has 1 aromatic carbocycles. The Labute approximate surface area is 74.8 Å². The number of carbonyl (C=O) groups is 1. The molecule has 0 radical (unpaired) electrons. The van der Waals surface area contributed by atoms with Crippen molar-refractivity contribution in [3.63, 3.8) is 0 Å². The predicted octanol–water partition coefficient (Wildman–Crippen LogP) is 1.25. The summed E-state index contributed by atoms with van der Waals surface area (Å²) in [6, 6.07) is 4.01. The second-order valence-electron chi connectivity index (χ2n) is 2.50.